The molecule has 0 aliphatic rings. The van der Waals surface area contributed by atoms with Crippen LogP contribution in [0.3, 0.4) is 0 Å². The number of nitrogens with two attached hydrogens (primary N) is 1. The quantitative estimate of drug-likeness (QED) is 0.902. The highest BCUT2D eigenvalue weighted by Gasteiger charge is 2.33. The molecule has 0 spiro atoms. The fourth-order valence-electron chi connectivity index (χ4n) is 1.26. The SMILES string of the molecule is Cl.NC(Cc1ccc(Cl)c(C(F)(F)F)c1)C(=O)O. The zero-order valence-electron chi connectivity index (χ0n) is 8.87. The van der Waals surface area contributed by atoms with Crippen LogP contribution in [0.4, 0.5) is 13.2 Å². The molecule has 102 valence electrons. The summed E-state index contributed by atoms with van der Waals surface area (Å²) in [7, 11) is 0. The number of carboxylic acids is 1. The number of carbonyl (C=O) groups is 1. The second-order valence-corrected chi connectivity index (χ2v) is 3.87. The zero-order valence-corrected chi connectivity index (χ0v) is 10.4. The second kappa shape index (κ2) is 6.26. The molecule has 0 bridgehead atoms. The third kappa shape index (κ3) is 4.36. The Hall–Kier alpha value is -0.980. The van der Waals surface area contributed by atoms with Crippen molar-refractivity contribution in [3.63, 3.8) is 0 Å². The normalized spacial score (nSPS) is 12.7. The minimum absolute atomic E-state index is 0. The van der Waals surface area contributed by atoms with Crippen molar-refractivity contribution in [3.8, 4) is 0 Å². The lowest BCUT2D eigenvalue weighted by Gasteiger charge is -2.12. The van der Waals surface area contributed by atoms with Gasteiger partial charge in [0.25, 0.3) is 0 Å². The third-order valence-electron chi connectivity index (χ3n) is 2.11. The average molecular weight is 304 g/mol. The maximum atomic E-state index is 12.5. The van der Waals surface area contributed by atoms with Gasteiger partial charge in [-0.1, -0.05) is 17.7 Å². The Balaban J connectivity index is 0.00000289. The predicted molar refractivity (Wildman–Crippen MR) is 63.0 cm³/mol. The number of carboxylic acid groups (broad SMARTS) is 1. The van der Waals surface area contributed by atoms with Crippen molar-refractivity contribution in [2.75, 3.05) is 0 Å². The lowest BCUT2D eigenvalue weighted by atomic mass is 10.0. The highest BCUT2D eigenvalue weighted by atomic mass is 35.5. The summed E-state index contributed by atoms with van der Waals surface area (Å²) in [6.45, 7) is 0. The summed E-state index contributed by atoms with van der Waals surface area (Å²) in [5.41, 5.74) is 4.42. The average Bonchev–Trinajstić information content (AvgIpc) is 2.19. The van der Waals surface area contributed by atoms with Crippen molar-refractivity contribution in [2.24, 2.45) is 5.73 Å². The van der Waals surface area contributed by atoms with Crippen molar-refractivity contribution in [2.45, 2.75) is 18.6 Å². The highest BCUT2D eigenvalue weighted by molar-refractivity contribution is 6.31. The molecule has 1 unspecified atom stereocenters. The van der Waals surface area contributed by atoms with Crippen LogP contribution in [0.1, 0.15) is 11.1 Å². The number of aliphatic carboxylic acids is 1. The standard InChI is InChI=1S/C10H9ClF3NO2.ClH/c11-7-2-1-5(4-8(15)9(16)17)3-6(7)10(12,13)14;/h1-3,8H,4,15H2,(H,16,17);1H. The van der Waals surface area contributed by atoms with Crippen LogP contribution in [0.15, 0.2) is 18.2 Å². The molecule has 0 radical (unpaired) electrons. The van der Waals surface area contributed by atoms with Crippen LogP contribution >= 0.6 is 24.0 Å². The van der Waals surface area contributed by atoms with E-state index in [4.69, 9.17) is 22.4 Å². The molecule has 1 atom stereocenters. The molecule has 1 rings (SSSR count). The van der Waals surface area contributed by atoms with Gasteiger partial charge in [0, 0.05) is 0 Å². The van der Waals surface area contributed by atoms with Crippen LogP contribution in [0.25, 0.3) is 0 Å². The first kappa shape index (κ1) is 17.0. The van der Waals surface area contributed by atoms with E-state index in [0.29, 0.717) is 0 Å². The summed E-state index contributed by atoms with van der Waals surface area (Å²) in [4.78, 5) is 10.5. The van der Waals surface area contributed by atoms with Crippen molar-refractivity contribution in [3.05, 3.63) is 34.3 Å². The van der Waals surface area contributed by atoms with Crippen LogP contribution in [0, 0.1) is 0 Å². The van der Waals surface area contributed by atoms with Crippen LogP contribution in [0.5, 0.6) is 0 Å². The molecule has 1 aromatic carbocycles. The first-order valence-corrected chi connectivity index (χ1v) is 4.93. The van der Waals surface area contributed by atoms with Gasteiger partial charge in [0.1, 0.15) is 6.04 Å². The fourth-order valence-corrected chi connectivity index (χ4v) is 1.48. The number of benzene rings is 1. The highest BCUT2D eigenvalue weighted by Crippen LogP contribution is 2.35. The zero-order chi connectivity index (χ0) is 13.2. The maximum absolute atomic E-state index is 12.5. The molecular formula is C10H10Cl2F3NO2. The van der Waals surface area contributed by atoms with Crippen LogP contribution in [-0.2, 0) is 17.4 Å². The predicted octanol–water partition coefficient (Wildman–Crippen LogP) is 2.74. The van der Waals surface area contributed by atoms with Gasteiger partial charge in [-0.05, 0) is 24.1 Å². The van der Waals surface area contributed by atoms with E-state index >= 15 is 0 Å². The van der Waals surface area contributed by atoms with Gasteiger partial charge in [-0.15, -0.1) is 12.4 Å². The summed E-state index contributed by atoms with van der Waals surface area (Å²) in [5.74, 6) is -1.27. The van der Waals surface area contributed by atoms with E-state index in [1.54, 1.807) is 0 Å². The van der Waals surface area contributed by atoms with E-state index in [1.165, 1.54) is 6.07 Å². The number of halogens is 5. The third-order valence-corrected chi connectivity index (χ3v) is 2.44. The van der Waals surface area contributed by atoms with Crippen molar-refractivity contribution in [1.82, 2.24) is 0 Å². The lowest BCUT2D eigenvalue weighted by Crippen LogP contribution is -2.32. The molecule has 0 fully saturated rings. The van der Waals surface area contributed by atoms with Crippen molar-refractivity contribution in [1.29, 1.82) is 0 Å². The van der Waals surface area contributed by atoms with E-state index in [0.717, 1.165) is 12.1 Å². The molecule has 0 aliphatic carbocycles. The molecule has 1 aromatic rings. The Morgan fingerprint density at radius 2 is 2.00 bits per heavy atom. The number of alkyl halides is 3. The van der Waals surface area contributed by atoms with Gasteiger partial charge >= 0.3 is 12.1 Å². The minimum atomic E-state index is -4.57. The van der Waals surface area contributed by atoms with E-state index in [1.807, 2.05) is 0 Å². The molecule has 8 heteroatoms. The topological polar surface area (TPSA) is 63.3 Å². The van der Waals surface area contributed by atoms with E-state index in [-0.39, 0.29) is 24.4 Å². The monoisotopic (exact) mass is 303 g/mol. The number of rotatable bonds is 3. The number of hydrogen-bond donors (Lipinski definition) is 2. The van der Waals surface area contributed by atoms with Crippen LogP contribution in [0.2, 0.25) is 5.02 Å². The van der Waals surface area contributed by atoms with Gasteiger partial charge in [-0.25, -0.2) is 0 Å². The Kier molecular flexibility index (Phi) is 5.92. The molecule has 0 saturated heterocycles. The molecule has 0 amide bonds. The van der Waals surface area contributed by atoms with Gasteiger partial charge in [0.15, 0.2) is 0 Å². The van der Waals surface area contributed by atoms with Gasteiger partial charge < -0.3 is 10.8 Å². The molecule has 0 aromatic heterocycles. The molecule has 0 saturated carbocycles. The Morgan fingerprint density at radius 1 is 1.44 bits per heavy atom. The smallest absolute Gasteiger partial charge is 0.417 e. The van der Waals surface area contributed by atoms with Gasteiger partial charge in [0.2, 0.25) is 0 Å². The first-order chi connectivity index (χ1) is 7.71. The summed E-state index contributed by atoms with van der Waals surface area (Å²) >= 11 is 5.41. The molecule has 3 N–H and O–H groups in total. The molecule has 0 heterocycles. The van der Waals surface area contributed by atoms with Crippen molar-refractivity contribution < 1.29 is 23.1 Å². The first-order valence-electron chi connectivity index (χ1n) is 4.56. The summed E-state index contributed by atoms with van der Waals surface area (Å²) in [6.07, 6.45) is -4.75. The Bertz CT molecular complexity index is 438. The van der Waals surface area contributed by atoms with Crippen LogP contribution in [-0.4, -0.2) is 17.1 Å². The summed E-state index contributed by atoms with van der Waals surface area (Å²) < 4.78 is 37.5. The van der Waals surface area contributed by atoms with E-state index in [9.17, 15) is 18.0 Å². The molecule has 18 heavy (non-hydrogen) atoms. The summed E-state index contributed by atoms with van der Waals surface area (Å²) in [6, 6.07) is 1.97. The van der Waals surface area contributed by atoms with E-state index in [2.05, 4.69) is 0 Å². The Labute approximate surface area is 112 Å². The minimum Gasteiger partial charge on any atom is -0.480 e. The molecule has 3 nitrogen and oxygen atoms in total. The molecular weight excluding hydrogens is 294 g/mol. The van der Waals surface area contributed by atoms with Gasteiger partial charge in [-0.3, -0.25) is 4.79 Å². The van der Waals surface area contributed by atoms with Gasteiger partial charge in [0.05, 0.1) is 10.6 Å². The molecule has 0 aliphatic heterocycles. The van der Waals surface area contributed by atoms with E-state index < -0.39 is 28.8 Å². The Morgan fingerprint density at radius 3 is 2.44 bits per heavy atom. The lowest BCUT2D eigenvalue weighted by molar-refractivity contribution is -0.138. The van der Waals surface area contributed by atoms with Crippen LogP contribution < -0.4 is 5.73 Å². The van der Waals surface area contributed by atoms with Crippen molar-refractivity contribution >= 4 is 30.0 Å². The summed E-state index contributed by atoms with van der Waals surface area (Å²) in [5, 5.41) is 8.13. The maximum Gasteiger partial charge on any atom is 0.417 e. The fraction of sp³-hybridized carbons (Fsp3) is 0.300. The van der Waals surface area contributed by atoms with Gasteiger partial charge in [-0.2, -0.15) is 13.2 Å². The second-order valence-electron chi connectivity index (χ2n) is 3.46. The number of hydrogen-bond acceptors (Lipinski definition) is 2. The largest absolute Gasteiger partial charge is 0.480 e.